The van der Waals surface area contributed by atoms with Crippen LogP contribution in [0, 0.1) is 12.8 Å². The van der Waals surface area contributed by atoms with E-state index in [0.29, 0.717) is 5.92 Å². The first kappa shape index (κ1) is 12.7. The van der Waals surface area contributed by atoms with Crippen LogP contribution >= 0.6 is 0 Å². The molecule has 3 heteroatoms. The first-order chi connectivity index (χ1) is 8.65. The van der Waals surface area contributed by atoms with Gasteiger partial charge in [0.25, 0.3) is 0 Å². The van der Waals surface area contributed by atoms with E-state index in [1.54, 1.807) is 0 Å². The van der Waals surface area contributed by atoms with Gasteiger partial charge >= 0.3 is 0 Å². The predicted octanol–water partition coefficient (Wildman–Crippen LogP) is 3.46. The van der Waals surface area contributed by atoms with Gasteiger partial charge in [-0.25, -0.2) is 0 Å². The number of nitrogens with one attached hydrogen (secondary N) is 1. The van der Waals surface area contributed by atoms with E-state index < -0.39 is 0 Å². The highest BCUT2D eigenvalue weighted by atomic mass is 15.3. The van der Waals surface area contributed by atoms with Gasteiger partial charge in [0.1, 0.15) is 5.82 Å². The van der Waals surface area contributed by atoms with E-state index in [-0.39, 0.29) is 0 Å². The van der Waals surface area contributed by atoms with E-state index >= 15 is 0 Å². The van der Waals surface area contributed by atoms with Crippen molar-refractivity contribution in [3.05, 3.63) is 47.7 Å². The van der Waals surface area contributed by atoms with Crippen molar-refractivity contribution in [1.29, 1.82) is 0 Å². The van der Waals surface area contributed by atoms with Crippen molar-refractivity contribution in [1.82, 2.24) is 9.78 Å². The monoisotopic (exact) mass is 243 g/mol. The van der Waals surface area contributed by atoms with Crippen molar-refractivity contribution in [2.24, 2.45) is 5.92 Å². The maximum absolute atomic E-state index is 4.57. The molecule has 1 aromatic carbocycles. The zero-order valence-corrected chi connectivity index (χ0v) is 11.4. The fourth-order valence-corrected chi connectivity index (χ4v) is 1.92. The van der Waals surface area contributed by atoms with Crippen molar-refractivity contribution in [3.63, 3.8) is 0 Å². The molecule has 0 aliphatic carbocycles. The van der Waals surface area contributed by atoms with E-state index in [1.165, 1.54) is 11.3 Å². The Hall–Kier alpha value is -1.77. The minimum atomic E-state index is 0.616. The van der Waals surface area contributed by atoms with Crippen molar-refractivity contribution in [3.8, 4) is 0 Å². The Morgan fingerprint density at radius 1 is 1.22 bits per heavy atom. The standard InChI is InChI=1S/C15H21N3/c1-12(2)11-18-13(3)9-15(17-18)16-10-14-7-5-4-6-8-14/h4-9,12H,10-11H2,1-3H3,(H,16,17). The molecule has 0 spiro atoms. The lowest BCUT2D eigenvalue weighted by atomic mass is 10.2. The van der Waals surface area contributed by atoms with Gasteiger partial charge in [-0.3, -0.25) is 4.68 Å². The first-order valence-corrected chi connectivity index (χ1v) is 6.47. The summed E-state index contributed by atoms with van der Waals surface area (Å²) in [5.74, 6) is 1.57. The quantitative estimate of drug-likeness (QED) is 0.871. The predicted molar refractivity (Wildman–Crippen MR) is 75.6 cm³/mol. The van der Waals surface area contributed by atoms with Crippen molar-refractivity contribution in [2.75, 3.05) is 5.32 Å². The third kappa shape index (κ3) is 3.36. The Morgan fingerprint density at radius 3 is 2.61 bits per heavy atom. The molecule has 0 saturated carbocycles. The number of rotatable bonds is 5. The number of benzene rings is 1. The van der Waals surface area contributed by atoms with Crippen molar-refractivity contribution >= 4 is 5.82 Å². The molecule has 0 amide bonds. The van der Waals surface area contributed by atoms with Gasteiger partial charge in [-0.2, -0.15) is 5.10 Å². The second-order valence-corrected chi connectivity index (χ2v) is 5.09. The Kier molecular flexibility index (Phi) is 4.03. The highest BCUT2D eigenvalue weighted by molar-refractivity contribution is 5.36. The maximum atomic E-state index is 4.57. The van der Waals surface area contributed by atoms with E-state index in [9.17, 15) is 0 Å². The summed E-state index contributed by atoms with van der Waals surface area (Å²) in [5, 5.41) is 7.93. The van der Waals surface area contributed by atoms with Gasteiger partial charge in [0.2, 0.25) is 0 Å². The number of aryl methyl sites for hydroxylation is 1. The van der Waals surface area contributed by atoms with Crippen molar-refractivity contribution in [2.45, 2.75) is 33.9 Å². The highest BCUT2D eigenvalue weighted by Crippen LogP contribution is 2.12. The summed E-state index contributed by atoms with van der Waals surface area (Å²) in [6.45, 7) is 8.30. The summed E-state index contributed by atoms with van der Waals surface area (Å²) in [6.07, 6.45) is 0. The van der Waals surface area contributed by atoms with Gasteiger partial charge in [-0.15, -0.1) is 0 Å². The lowest BCUT2D eigenvalue weighted by molar-refractivity contribution is 0.475. The summed E-state index contributed by atoms with van der Waals surface area (Å²) in [7, 11) is 0. The Balaban J connectivity index is 1.98. The molecular weight excluding hydrogens is 222 g/mol. The topological polar surface area (TPSA) is 29.9 Å². The zero-order valence-electron chi connectivity index (χ0n) is 11.4. The van der Waals surface area contributed by atoms with Crippen molar-refractivity contribution < 1.29 is 0 Å². The van der Waals surface area contributed by atoms with Crippen LogP contribution in [0.1, 0.15) is 25.1 Å². The summed E-state index contributed by atoms with van der Waals surface area (Å²) >= 11 is 0. The average molecular weight is 243 g/mol. The molecule has 0 aliphatic heterocycles. The summed E-state index contributed by atoms with van der Waals surface area (Å²) in [5.41, 5.74) is 2.48. The second kappa shape index (κ2) is 5.71. The largest absolute Gasteiger partial charge is 0.365 e. The summed E-state index contributed by atoms with van der Waals surface area (Å²) < 4.78 is 2.07. The van der Waals surface area contributed by atoms with Crippen LogP contribution in [0.25, 0.3) is 0 Å². The fraction of sp³-hybridized carbons (Fsp3) is 0.400. The molecular formula is C15H21N3. The number of aromatic nitrogens is 2. The van der Waals surface area contributed by atoms with Crippen LogP contribution in [-0.4, -0.2) is 9.78 Å². The van der Waals surface area contributed by atoms with Gasteiger partial charge in [0.15, 0.2) is 0 Å². The molecule has 1 aromatic heterocycles. The van der Waals surface area contributed by atoms with Gasteiger partial charge in [-0.05, 0) is 18.4 Å². The molecule has 0 unspecified atom stereocenters. The van der Waals surface area contributed by atoms with E-state index in [2.05, 4.69) is 66.2 Å². The SMILES string of the molecule is Cc1cc(NCc2ccccc2)nn1CC(C)C. The Morgan fingerprint density at radius 2 is 1.94 bits per heavy atom. The smallest absolute Gasteiger partial charge is 0.148 e. The summed E-state index contributed by atoms with van der Waals surface area (Å²) in [4.78, 5) is 0. The summed E-state index contributed by atoms with van der Waals surface area (Å²) in [6, 6.07) is 12.5. The molecule has 0 atom stereocenters. The van der Waals surface area contributed by atoms with Gasteiger partial charge in [0, 0.05) is 24.8 Å². The third-order valence-corrected chi connectivity index (χ3v) is 2.84. The number of anilines is 1. The molecule has 0 bridgehead atoms. The normalized spacial score (nSPS) is 10.9. The molecule has 0 aliphatic rings. The molecule has 2 aromatic rings. The minimum absolute atomic E-state index is 0.616. The first-order valence-electron chi connectivity index (χ1n) is 6.47. The lowest BCUT2D eigenvalue weighted by Gasteiger charge is -2.06. The maximum Gasteiger partial charge on any atom is 0.148 e. The van der Waals surface area contributed by atoms with Crippen LogP contribution in [-0.2, 0) is 13.1 Å². The van der Waals surface area contributed by atoms with Gasteiger partial charge < -0.3 is 5.32 Å². The molecule has 96 valence electrons. The lowest BCUT2D eigenvalue weighted by Crippen LogP contribution is -2.08. The molecule has 2 rings (SSSR count). The Bertz CT molecular complexity index is 486. The highest BCUT2D eigenvalue weighted by Gasteiger charge is 2.05. The van der Waals surface area contributed by atoms with Crippen LogP contribution in [0.3, 0.4) is 0 Å². The van der Waals surface area contributed by atoms with Crippen LogP contribution in [0.2, 0.25) is 0 Å². The van der Waals surface area contributed by atoms with Gasteiger partial charge in [0.05, 0.1) is 0 Å². The molecule has 0 saturated heterocycles. The van der Waals surface area contributed by atoms with E-state index in [0.717, 1.165) is 18.9 Å². The minimum Gasteiger partial charge on any atom is -0.365 e. The molecule has 0 radical (unpaired) electrons. The molecule has 1 N–H and O–H groups in total. The number of hydrogen-bond acceptors (Lipinski definition) is 2. The zero-order chi connectivity index (χ0) is 13.0. The van der Waals surface area contributed by atoms with Crippen LogP contribution in [0.5, 0.6) is 0 Å². The van der Waals surface area contributed by atoms with E-state index in [1.807, 2.05) is 6.07 Å². The average Bonchev–Trinajstić information content (AvgIpc) is 2.68. The van der Waals surface area contributed by atoms with Crippen LogP contribution in [0.15, 0.2) is 36.4 Å². The second-order valence-electron chi connectivity index (χ2n) is 5.09. The Labute approximate surface area is 109 Å². The van der Waals surface area contributed by atoms with Crippen LogP contribution < -0.4 is 5.32 Å². The molecule has 1 heterocycles. The fourth-order valence-electron chi connectivity index (χ4n) is 1.92. The van der Waals surface area contributed by atoms with E-state index in [4.69, 9.17) is 0 Å². The number of nitrogens with zero attached hydrogens (tertiary/aromatic N) is 2. The molecule has 18 heavy (non-hydrogen) atoms. The third-order valence-electron chi connectivity index (χ3n) is 2.84. The number of hydrogen-bond donors (Lipinski definition) is 1. The van der Waals surface area contributed by atoms with Gasteiger partial charge in [-0.1, -0.05) is 44.2 Å². The molecule has 0 fully saturated rings. The molecule has 3 nitrogen and oxygen atoms in total. The van der Waals surface area contributed by atoms with Crippen LogP contribution in [0.4, 0.5) is 5.82 Å².